The average Bonchev–Trinajstić information content (AvgIpc) is 3.50. The molecule has 0 atom stereocenters. The van der Waals surface area contributed by atoms with E-state index in [2.05, 4.69) is 48.9 Å². The Morgan fingerprint density at radius 1 is 1.10 bits per heavy atom. The predicted molar refractivity (Wildman–Crippen MR) is 124 cm³/mol. The summed E-state index contributed by atoms with van der Waals surface area (Å²) in [5.41, 5.74) is 2.89. The molecule has 0 amide bonds. The van der Waals surface area contributed by atoms with Crippen LogP contribution in [-0.2, 0) is 18.8 Å². The van der Waals surface area contributed by atoms with Gasteiger partial charge in [-0.05, 0) is 38.4 Å². The van der Waals surface area contributed by atoms with Gasteiger partial charge in [0.05, 0.1) is 18.8 Å². The second-order valence-electron chi connectivity index (χ2n) is 7.82. The molecule has 160 valence electrons. The highest BCUT2D eigenvalue weighted by molar-refractivity contribution is 7.98. The second-order valence-corrected chi connectivity index (χ2v) is 9.60. The van der Waals surface area contributed by atoms with E-state index in [1.807, 2.05) is 18.4 Å². The van der Waals surface area contributed by atoms with Crippen LogP contribution < -0.4 is 5.56 Å². The van der Waals surface area contributed by atoms with E-state index in [-0.39, 0.29) is 5.56 Å². The first-order chi connectivity index (χ1) is 15.2. The number of nitrogens with zero attached hydrogens (tertiary/aromatic N) is 6. The van der Waals surface area contributed by atoms with E-state index in [1.54, 1.807) is 22.2 Å². The number of hydrogen-bond donors (Lipinski definition) is 0. The highest BCUT2D eigenvalue weighted by Crippen LogP contribution is 2.24. The van der Waals surface area contributed by atoms with Crippen molar-refractivity contribution in [3.8, 4) is 0 Å². The lowest BCUT2D eigenvalue weighted by Gasteiger charge is -2.16. The average molecular weight is 453 g/mol. The summed E-state index contributed by atoms with van der Waals surface area (Å²) in [4.78, 5) is 20.3. The maximum atomic E-state index is 12.5. The first-order valence-electron chi connectivity index (χ1n) is 10.5. The fourth-order valence-electron chi connectivity index (χ4n) is 3.92. The van der Waals surface area contributed by atoms with Gasteiger partial charge in [0.2, 0.25) is 0 Å². The molecule has 0 spiro atoms. The van der Waals surface area contributed by atoms with Crippen molar-refractivity contribution in [2.24, 2.45) is 0 Å². The minimum absolute atomic E-state index is 0.0279. The van der Waals surface area contributed by atoms with Gasteiger partial charge in [-0.25, -0.2) is 4.98 Å². The number of likely N-dealkylation sites (tertiary alicyclic amines) is 1. The smallest absolute Gasteiger partial charge is 0.258 e. The molecule has 31 heavy (non-hydrogen) atoms. The van der Waals surface area contributed by atoms with Crippen molar-refractivity contribution in [1.82, 2.24) is 29.0 Å². The fourth-order valence-corrected chi connectivity index (χ4v) is 5.66. The summed E-state index contributed by atoms with van der Waals surface area (Å²) in [6, 6.07) is 12.0. The third kappa shape index (κ3) is 4.44. The molecule has 0 unspecified atom stereocenters. The molecule has 1 aliphatic heterocycles. The van der Waals surface area contributed by atoms with Crippen molar-refractivity contribution in [1.29, 1.82) is 0 Å². The number of fused-ring (bicyclic) bond motifs is 1. The number of hydrogen-bond acceptors (Lipinski definition) is 7. The number of thioether (sulfide) groups is 1. The molecule has 4 heterocycles. The van der Waals surface area contributed by atoms with Gasteiger partial charge in [0.15, 0.2) is 10.1 Å². The molecule has 0 aliphatic carbocycles. The predicted octanol–water partition coefficient (Wildman–Crippen LogP) is 3.59. The zero-order valence-corrected chi connectivity index (χ0v) is 19.0. The Kier molecular flexibility index (Phi) is 5.89. The number of thiazole rings is 1. The van der Waals surface area contributed by atoms with Gasteiger partial charge in [-0.15, -0.1) is 21.5 Å². The van der Waals surface area contributed by atoms with Gasteiger partial charge in [0, 0.05) is 22.9 Å². The van der Waals surface area contributed by atoms with Gasteiger partial charge < -0.3 is 4.57 Å². The molecule has 0 radical (unpaired) electrons. The maximum Gasteiger partial charge on any atom is 0.258 e. The molecule has 9 heteroatoms. The van der Waals surface area contributed by atoms with Gasteiger partial charge in [-0.2, -0.15) is 0 Å². The Labute approximate surface area is 188 Å². The topological polar surface area (TPSA) is 68.3 Å². The zero-order chi connectivity index (χ0) is 21.2. The van der Waals surface area contributed by atoms with Crippen molar-refractivity contribution in [2.75, 3.05) is 13.1 Å². The van der Waals surface area contributed by atoms with Crippen molar-refractivity contribution < 1.29 is 0 Å². The molecular formula is C22H24N6OS2. The molecule has 0 N–H and O–H groups in total. The molecular weight excluding hydrogens is 428 g/mol. The van der Waals surface area contributed by atoms with Gasteiger partial charge in [0.25, 0.3) is 5.56 Å². The first kappa shape index (κ1) is 20.4. The Hall–Kier alpha value is -2.49. The number of aromatic nitrogens is 5. The Bertz CT molecular complexity index is 1240. The van der Waals surface area contributed by atoms with Crippen LogP contribution in [0.5, 0.6) is 0 Å². The van der Waals surface area contributed by atoms with E-state index in [1.165, 1.54) is 29.7 Å². The second kappa shape index (κ2) is 8.94. The number of rotatable bonds is 7. The van der Waals surface area contributed by atoms with E-state index in [0.717, 1.165) is 53.5 Å². The molecule has 0 bridgehead atoms. The van der Waals surface area contributed by atoms with Gasteiger partial charge in [-0.3, -0.25) is 14.1 Å². The largest absolute Gasteiger partial charge is 0.300 e. The lowest BCUT2D eigenvalue weighted by Crippen LogP contribution is -2.21. The fraction of sp³-hybridized carbons (Fsp3) is 0.364. The van der Waals surface area contributed by atoms with E-state index < -0.39 is 0 Å². The summed E-state index contributed by atoms with van der Waals surface area (Å²) in [7, 11) is 0. The van der Waals surface area contributed by atoms with Crippen molar-refractivity contribution >= 4 is 28.1 Å². The third-order valence-electron chi connectivity index (χ3n) is 5.52. The Morgan fingerprint density at radius 3 is 2.71 bits per heavy atom. The third-order valence-corrected chi connectivity index (χ3v) is 7.46. The maximum absolute atomic E-state index is 12.5. The number of benzene rings is 1. The lowest BCUT2D eigenvalue weighted by atomic mass is 10.2. The summed E-state index contributed by atoms with van der Waals surface area (Å²) in [6.45, 7) is 5.72. The zero-order valence-electron chi connectivity index (χ0n) is 17.4. The van der Waals surface area contributed by atoms with Gasteiger partial charge >= 0.3 is 0 Å². The Morgan fingerprint density at radius 2 is 1.90 bits per heavy atom. The molecule has 1 saturated heterocycles. The van der Waals surface area contributed by atoms with E-state index in [4.69, 9.17) is 0 Å². The van der Waals surface area contributed by atoms with E-state index in [0.29, 0.717) is 5.75 Å². The molecule has 0 saturated carbocycles. The summed E-state index contributed by atoms with van der Waals surface area (Å²) >= 11 is 3.08. The van der Waals surface area contributed by atoms with Crippen molar-refractivity contribution in [2.45, 2.75) is 43.8 Å². The highest BCUT2D eigenvalue weighted by Gasteiger charge is 2.19. The molecule has 1 aliphatic rings. The van der Waals surface area contributed by atoms with Crippen LogP contribution in [0.15, 0.2) is 51.7 Å². The SMILES string of the molecule is Cc1csc2nc(CSc3nnc(CN4CCCC4)n3Cc3ccccc3)cc(=O)n12. The molecule has 5 rings (SSSR count). The lowest BCUT2D eigenvalue weighted by molar-refractivity contribution is 0.316. The summed E-state index contributed by atoms with van der Waals surface area (Å²) in [6.07, 6.45) is 2.50. The van der Waals surface area contributed by atoms with Crippen LogP contribution in [0.25, 0.3) is 4.96 Å². The van der Waals surface area contributed by atoms with Crippen molar-refractivity contribution in [3.05, 3.63) is 74.9 Å². The van der Waals surface area contributed by atoms with Crippen LogP contribution in [0.1, 0.15) is 35.6 Å². The van der Waals surface area contributed by atoms with Crippen LogP contribution in [-0.4, -0.2) is 42.1 Å². The molecule has 1 aromatic carbocycles. The summed E-state index contributed by atoms with van der Waals surface area (Å²) in [5, 5.41) is 11.8. The quantitative estimate of drug-likeness (QED) is 0.399. The molecule has 3 aromatic heterocycles. The minimum atomic E-state index is -0.0279. The molecule has 4 aromatic rings. The standard InChI is InChI=1S/C22H24N6OS2/c1-16-14-30-21-23-18(11-20(29)28(16)21)15-31-22-25-24-19(13-26-9-5-6-10-26)27(22)12-17-7-3-2-4-8-17/h2-4,7-8,11,14H,5-6,9-10,12-13,15H2,1H3. The molecule has 1 fully saturated rings. The summed E-state index contributed by atoms with van der Waals surface area (Å²) < 4.78 is 3.86. The van der Waals surface area contributed by atoms with Crippen LogP contribution in [0.3, 0.4) is 0 Å². The van der Waals surface area contributed by atoms with Crippen LogP contribution in [0.2, 0.25) is 0 Å². The number of aryl methyl sites for hydroxylation is 1. The normalized spacial score (nSPS) is 14.6. The van der Waals surface area contributed by atoms with Crippen LogP contribution in [0.4, 0.5) is 0 Å². The van der Waals surface area contributed by atoms with Crippen LogP contribution >= 0.6 is 23.1 Å². The van der Waals surface area contributed by atoms with E-state index >= 15 is 0 Å². The van der Waals surface area contributed by atoms with Gasteiger partial charge in [-0.1, -0.05) is 42.1 Å². The van der Waals surface area contributed by atoms with Crippen LogP contribution in [0, 0.1) is 6.92 Å². The minimum Gasteiger partial charge on any atom is -0.300 e. The first-order valence-corrected chi connectivity index (χ1v) is 12.3. The van der Waals surface area contributed by atoms with Crippen molar-refractivity contribution in [3.63, 3.8) is 0 Å². The van der Waals surface area contributed by atoms with E-state index in [9.17, 15) is 4.79 Å². The Balaban J connectivity index is 1.40. The molecule has 7 nitrogen and oxygen atoms in total. The summed E-state index contributed by atoms with van der Waals surface area (Å²) in [5.74, 6) is 1.57. The van der Waals surface area contributed by atoms with Gasteiger partial charge in [0.1, 0.15) is 5.82 Å². The highest BCUT2D eigenvalue weighted by atomic mass is 32.2. The monoisotopic (exact) mass is 452 g/mol.